The van der Waals surface area contributed by atoms with Gasteiger partial charge in [0.15, 0.2) is 5.82 Å². The van der Waals surface area contributed by atoms with E-state index in [0.29, 0.717) is 11.4 Å². The second kappa shape index (κ2) is 5.75. The summed E-state index contributed by atoms with van der Waals surface area (Å²) < 4.78 is 2.50. The van der Waals surface area contributed by atoms with Gasteiger partial charge in [-0.05, 0) is 41.1 Å². The van der Waals surface area contributed by atoms with Crippen molar-refractivity contribution in [2.75, 3.05) is 0 Å². The molecule has 0 spiro atoms. The van der Waals surface area contributed by atoms with Crippen molar-refractivity contribution < 1.29 is 4.79 Å². The van der Waals surface area contributed by atoms with E-state index in [1.807, 2.05) is 20.0 Å². The molecule has 0 aliphatic heterocycles. The van der Waals surface area contributed by atoms with Crippen molar-refractivity contribution in [2.24, 2.45) is 7.05 Å². The van der Waals surface area contributed by atoms with Crippen molar-refractivity contribution in [2.45, 2.75) is 17.9 Å². The van der Waals surface area contributed by atoms with Gasteiger partial charge in [0, 0.05) is 16.4 Å². The molecule has 2 aromatic rings. The van der Waals surface area contributed by atoms with Crippen LogP contribution in [0.3, 0.4) is 0 Å². The molecule has 1 heterocycles. The van der Waals surface area contributed by atoms with Crippen LogP contribution in [0.2, 0.25) is 0 Å². The fraction of sp³-hybridized carbons (Fsp3) is 0.250. The Bertz CT molecular complexity index is 614. The molecule has 1 N–H and O–H groups in total. The highest BCUT2D eigenvalue weighted by Crippen LogP contribution is 2.21. The number of carbonyl (C=O) groups is 1. The fourth-order valence-corrected chi connectivity index (χ4v) is 2.34. The predicted octanol–water partition coefficient (Wildman–Crippen LogP) is 2.36. The van der Waals surface area contributed by atoms with Gasteiger partial charge < -0.3 is 9.88 Å². The molecule has 2 rings (SSSR count). The third kappa shape index (κ3) is 3.16. The molecule has 0 aliphatic rings. The maximum Gasteiger partial charge on any atom is 0.253 e. The quantitative estimate of drug-likeness (QED) is 0.843. The number of nitrogens with zero attached hydrogens (tertiary/aromatic N) is 3. The van der Waals surface area contributed by atoms with Gasteiger partial charge in [0.05, 0.1) is 11.6 Å². The Morgan fingerprint density at radius 3 is 2.89 bits per heavy atom. The molecule has 1 atom stereocenters. The molecule has 0 saturated heterocycles. The Kier molecular flexibility index (Phi) is 4.26. The van der Waals surface area contributed by atoms with Gasteiger partial charge in [-0.2, -0.15) is 0 Å². The summed E-state index contributed by atoms with van der Waals surface area (Å²) in [6, 6.07) is 5.10. The van der Waals surface area contributed by atoms with Crippen LogP contribution in [0.4, 0.5) is 0 Å². The number of amides is 1. The zero-order valence-corrected chi connectivity index (χ0v) is 12.9. The standard InChI is InChI=1S/C12H13BrN4OS/c1-7(11-16-14-6-17(11)2)15-12(18)9-5-8(19)3-4-10(9)13/h3-7,19H,1-2H3,(H,15,18). The lowest BCUT2D eigenvalue weighted by molar-refractivity contribution is 0.0937. The molecule has 0 bridgehead atoms. The molecule has 7 heteroatoms. The summed E-state index contributed by atoms with van der Waals surface area (Å²) >= 11 is 7.59. The average Bonchev–Trinajstić information content (AvgIpc) is 2.78. The number of nitrogens with one attached hydrogen (secondary N) is 1. The largest absolute Gasteiger partial charge is 0.342 e. The third-order valence-electron chi connectivity index (χ3n) is 2.68. The minimum absolute atomic E-state index is 0.182. The fourth-order valence-electron chi connectivity index (χ4n) is 1.71. The minimum atomic E-state index is -0.226. The molecule has 0 radical (unpaired) electrons. The number of aromatic nitrogens is 3. The zero-order valence-electron chi connectivity index (χ0n) is 10.5. The highest BCUT2D eigenvalue weighted by molar-refractivity contribution is 9.10. The Labute approximate surface area is 125 Å². The summed E-state index contributed by atoms with van der Waals surface area (Å²) in [6.45, 7) is 1.86. The summed E-state index contributed by atoms with van der Waals surface area (Å²) in [4.78, 5) is 12.9. The van der Waals surface area contributed by atoms with Crippen molar-refractivity contribution >= 4 is 34.5 Å². The predicted molar refractivity (Wildman–Crippen MR) is 78.3 cm³/mol. The molecule has 1 unspecified atom stereocenters. The van der Waals surface area contributed by atoms with Crippen molar-refractivity contribution in [3.8, 4) is 0 Å². The van der Waals surface area contributed by atoms with Gasteiger partial charge in [-0.3, -0.25) is 4.79 Å². The van der Waals surface area contributed by atoms with E-state index >= 15 is 0 Å². The first-order chi connectivity index (χ1) is 8.99. The topological polar surface area (TPSA) is 59.8 Å². The average molecular weight is 341 g/mol. The van der Waals surface area contributed by atoms with Crippen molar-refractivity contribution in [1.82, 2.24) is 20.1 Å². The summed E-state index contributed by atoms with van der Waals surface area (Å²) in [5.41, 5.74) is 0.543. The van der Waals surface area contributed by atoms with Gasteiger partial charge in [0.1, 0.15) is 6.33 Å². The van der Waals surface area contributed by atoms with Crippen LogP contribution in [0, 0.1) is 0 Å². The zero-order chi connectivity index (χ0) is 14.0. The lowest BCUT2D eigenvalue weighted by atomic mass is 10.2. The molecule has 5 nitrogen and oxygen atoms in total. The lowest BCUT2D eigenvalue weighted by Crippen LogP contribution is -2.28. The van der Waals surface area contributed by atoms with Crippen molar-refractivity contribution in [3.05, 3.63) is 40.4 Å². The van der Waals surface area contributed by atoms with Gasteiger partial charge in [-0.15, -0.1) is 22.8 Å². The van der Waals surface area contributed by atoms with Crippen LogP contribution in [0.25, 0.3) is 0 Å². The smallest absolute Gasteiger partial charge is 0.253 e. The number of halogens is 1. The van der Waals surface area contributed by atoms with E-state index in [-0.39, 0.29) is 11.9 Å². The monoisotopic (exact) mass is 340 g/mol. The van der Waals surface area contributed by atoms with E-state index in [1.165, 1.54) is 0 Å². The molecular formula is C12H13BrN4OS. The number of benzene rings is 1. The van der Waals surface area contributed by atoms with E-state index < -0.39 is 0 Å². The molecule has 1 aromatic carbocycles. The second-order valence-electron chi connectivity index (χ2n) is 4.16. The minimum Gasteiger partial charge on any atom is -0.342 e. The van der Waals surface area contributed by atoms with Gasteiger partial charge in [-0.1, -0.05) is 0 Å². The Morgan fingerprint density at radius 1 is 1.53 bits per heavy atom. The van der Waals surface area contributed by atoms with Gasteiger partial charge in [-0.25, -0.2) is 0 Å². The van der Waals surface area contributed by atoms with Crippen LogP contribution in [-0.4, -0.2) is 20.7 Å². The number of aryl methyl sites for hydroxylation is 1. The number of hydrogen-bond donors (Lipinski definition) is 2. The van der Waals surface area contributed by atoms with Crippen LogP contribution in [0.15, 0.2) is 33.9 Å². The second-order valence-corrected chi connectivity index (χ2v) is 5.53. The molecule has 0 aliphatic carbocycles. The van der Waals surface area contributed by atoms with Crippen molar-refractivity contribution in [3.63, 3.8) is 0 Å². The molecule has 100 valence electrons. The van der Waals surface area contributed by atoms with Crippen LogP contribution in [0.5, 0.6) is 0 Å². The maximum absolute atomic E-state index is 12.2. The van der Waals surface area contributed by atoms with E-state index in [2.05, 4.69) is 44.1 Å². The Morgan fingerprint density at radius 2 is 2.26 bits per heavy atom. The van der Waals surface area contributed by atoms with Crippen LogP contribution < -0.4 is 5.32 Å². The molecule has 1 aromatic heterocycles. The van der Waals surface area contributed by atoms with Crippen LogP contribution >= 0.6 is 28.6 Å². The first kappa shape index (κ1) is 14.1. The summed E-state index contributed by atoms with van der Waals surface area (Å²) in [7, 11) is 1.84. The molecule has 0 saturated carbocycles. The van der Waals surface area contributed by atoms with E-state index in [4.69, 9.17) is 0 Å². The number of thiol groups is 1. The van der Waals surface area contributed by atoms with Gasteiger partial charge in [0.2, 0.25) is 0 Å². The molecular weight excluding hydrogens is 328 g/mol. The molecule has 0 fully saturated rings. The first-order valence-corrected chi connectivity index (χ1v) is 6.86. The van der Waals surface area contributed by atoms with Crippen LogP contribution in [-0.2, 0) is 7.05 Å². The Hall–Kier alpha value is -1.34. The van der Waals surface area contributed by atoms with E-state index in [9.17, 15) is 4.79 Å². The first-order valence-electron chi connectivity index (χ1n) is 5.62. The summed E-state index contributed by atoms with van der Waals surface area (Å²) in [5.74, 6) is 0.518. The van der Waals surface area contributed by atoms with Gasteiger partial charge >= 0.3 is 0 Å². The summed E-state index contributed by atoms with van der Waals surface area (Å²) in [6.07, 6.45) is 1.60. The molecule has 1 amide bonds. The van der Waals surface area contributed by atoms with Gasteiger partial charge in [0.25, 0.3) is 5.91 Å². The highest BCUT2D eigenvalue weighted by Gasteiger charge is 2.17. The Balaban J connectivity index is 2.17. The lowest BCUT2D eigenvalue weighted by Gasteiger charge is -2.14. The highest BCUT2D eigenvalue weighted by atomic mass is 79.9. The number of carbonyl (C=O) groups excluding carboxylic acids is 1. The van der Waals surface area contributed by atoms with Crippen LogP contribution in [0.1, 0.15) is 29.1 Å². The molecule has 19 heavy (non-hydrogen) atoms. The summed E-state index contributed by atoms with van der Waals surface area (Å²) in [5, 5.41) is 10.6. The van der Waals surface area contributed by atoms with E-state index in [1.54, 1.807) is 23.0 Å². The number of rotatable bonds is 3. The normalized spacial score (nSPS) is 12.2. The van der Waals surface area contributed by atoms with Crippen molar-refractivity contribution in [1.29, 1.82) is 0 Å². The maximum atomic E-state index is 12.2. The van der Waals surface area contributed by atoms with E-state index in [0.717, 1.165) is 9.37 Å². The SMILES string of the molecule is CC(NC(=O)c1cc(S)ccc1Br)c1nncn1C. The number of hydrogen-bond acceptors (Lipinski definition) is 4. The third-order valence-corrected chi connectivity index (χ3v) is 3.65.